The average Bonchev–Trinajstić information content (AvgIpc) is 2.66. The Morgan fingerprint density at radius 2 is 1.96 bits per heavy atom. The minimum absolute atomic E-state index is 0.750. The molecule has 0 saturated carbocycles. The summed E-state index contributed by atoms with van der Waals surface area (Å²) in [4.78, 5) is 4.47. The lowest BCUT2D eigenvalue weighted by Crippen LogP contribution is -2.44. The van der Waals surface area contributed by atoms with Gasteiger partial charge in [-0.2, -0.15) is 0 Å². The Hall–Kier alpha value is -1.57. The molecule has 1 aliphatic rings. The molecular weight excluding hydrogens is 338 g/mol. The number of rotatable bonds is 8. The van der Waals surface area contributed by atoms with Crippen LogP contribution in [0.15, 0.2) is 18.2 Å². The zero-order valence-electron chi connectivity index (χ0n) is 15.4. The number of benzene rings is 1. The maximum absolute atomic E-state index is 5.47. The van der Waals surface area contributed by atoms with Crippen LogP contribution in [-0.4, -0.2) is 82.1 Å². The topological polar surface area (TPSA) is 46.2 Å². The highest BCUT2D eigenvalue weighted by molar-refractivity contribution is 7.80. The van der Waals surface area contributed by atoms with Crippen molar-refractivity contribution in [1.29, 1.82) is 0 Å². The Morgan fingerprint density at radius 1 is 1.24 bits per heavy atom. The SMILES string of the molecule is COc1ccc(CCN(C)C(=S)NCCN2CCOCC2)cc1OC. The summed E-state index contributed by atoms with van der Waals surface area (Å²) in [6.07, 6.45) is 0.891. The van der Waals surface area contributed by atoms with E-state index in [4.69, 9.17) is 26.4 Å². The number of morpholine rings is 1. The second-order valence-corrected chi connectivity index (χ2v) is 6.43. The van der Waals surface area contributed by atoms with E-state index in [9.17, 15) is 0 Å². The van der Waals surface area contributed by atoms with Crippen LogP contribution < -0.4 is 14.8 Å². The van der Waals surface area contributed by atoms with Crippen molar-refractivity contribution in [2.45, 2.75) is 6.42 Å². The highest BCUT2D eigenvalue weighted by Gasteiger charge is 2.11. The summed E-state index contributed by atoms with van der Waals surface area (Å²) in [5.74, 6) is 1.51. The molecule has 7 heteroatoms. The Bertz CT molecular complexity index is 550. The molecule has 1 aromatic carbocycles. The van der Waals surface area contributed by atoms with Gasteiger partial charge in [0, 0.05) is 39.8 Å². The quantitative estimate of drug-likeness (QED) is 0.697. The Balaban J connectivity index is 1.71. The summed E-state index contributed by atoms with van der Waals surface area (Å²) < 4.78 is 16.0. The molecule has 0 radical (unpaired) electrons. The van der Waals surface area contributed by atoms with Gasteiger partial charge < -0.3 is 24.4 Å². The number of nitrogens with one attached hydrogen (secondary N) is 1. The van der Waals surface area contributed by atoms with Crippen molar-refractivity contribution in [1.82, 2.24) is 15.1 Å². The minimum Gasteiger partial charge on any atom is -0.493 e. The predicted molar refractivity (Wildman–Crippen MR) is 104 cm³/mol. The maximum Gasteiger partial charge on any atom is 0.168 e. The lowest BCUT2D eigenvalue weighted by Gasteiger charge is -2.27. The molecule has 0 amide bonds. The van der Waals surface area contributed by atoms with E-state index in [1.807, 2.05) is 19.2 Å². The third kappa shape index (κ3) is 6.34. The van der Waals surface area contributed by atoms with Crippen molar-refractivity contribution in [3.63, 3.8) is 0 Å². The molecule has 0 bridgehead atoms. The Morgan fingerprint density at radius 3 is 2.64 bits per heavy atom. The molecule has 0 unspecified atom stereocenters. The molecule has 0 atom stereocenters. The molecule has 0 aliphatic carbocycles. The van der Waals surface area contributed by atoms with Crippen molar-refractivity contribution in [3.8, 4) is 11.5 Å². The monoisotopic (exact) mass is 367 g/mol. The van der Waals surface area contributed by atoms with Crippen molar-refractivity contribution in [3.05, 3.63) is 23.8 Å². The highest BCUT2D eigenvalue weighted by Crippen LogP contribution is 2.27. The number of ether oxygens (including phenoxy) is 3. The highest BCUT2D eigenvalue weighted by atomic mass is 32.1. The summed E-state index contributed by atoms with van der Waals surface area (Å²) in [5, 5.41) is 4.12. The van der Waals surface area contributed by atoms with Gasteiger partial charge in [-0.05, 0) is 36.3 Å². The van der Waals surface area contributed by atoms with Crippen LogP contribution in [0, 0.1) is 0 Å². The first-order chi connectivity index (χ1) is 12.1. The number of hydrogen-bond donors (Lipinski definition) is 1. The number of hydrogen-bond acceptors (Lipinski definition) is 5. The van der Waals surface area contributed by atoms with E-state index in [2.05, 4.69) is 21.2 Å². The van der Waals surface area contributed by atoms with Crippen molar-refractivity contribution >= 4 is 17.3 Å². The van der Waals surface area contributed by atoms with Gasteiger partial charge in [-0.15, -0.1) is 0 Å². The molecule has 1 fully saturated rings. The zero-order chi connectivity index (χ0) is 18.1. The first-order valence-electron chi connectivity index (χ1n) is 8.64. The number of thiocarbonyl (C=S) groups is 1. The second kappa shape index (κ2) is 10.4. The fraction of sp³-hybridized carbons (Fsp3) is 0.611. The van der Waals surface area contributed by atoms with Crippen LogP contribution >= 0.6 is 12.2 Å². The van der Waals surface area contributed by atoms with E-state index >= 15 is 0 Å². The Labute approximate surface area is 156 Å². The van der Waals surface area contributed by atoms with Crippen molar-refractivity contribution in [2.75, 3.05) is 67.2 Å². The van der Waals surface area contributed by atoms with Gasteiger partial charge in [-0.25, -0.2) is 0 Å². The van der Waals surface area contributed by atoms with Crippen LogP contribution in [0.5, 0.6) is 11.5 Å². The molecule has 6 nitrogen and oxygen atoms in total. The van der Waals surface area contributed by atoms with Gasteiger partial charge in [0.15, 0.2) is 16.6 Å². The van der Waals surface area contributed by atoms with Crippen LogP contribution in [0.3, 0.4) is 0 Å². The van der Waals surface area contributed by atoms with Crippen molar-refractivity contribution < 1.29 is 14.2 Å². The van der Waals surface area contributed by atoms with Gasteiger partial charge in [0.25, 0.3) is 0 Å². The summed E-state index contributed by atoms with van der Waals surface area (Å²) in [5.41, 5.74) is 1.20. The van der Waals surface area contributed by atoms with Crippen LogP contribution in [0.4, 0.5) is 0 Å². The van der Waals surface area contributed by atoms with E-state index in [-0.39, 0.29) is 0 Å². The number of nitrogens with zero attached hydrogens (tertiary/aromatic N) is 2. The van der Waals surface area contributed by atoms with E-state index < -0.39 is 0 Å². The first kappa shape index (κ1) is 19.8. The molecule has 1 aliphatic heterocycles. The van der Waals surface area contributed by atoms with Crippen LogP contribution in [-0.2, 0) is 11.2 Å². The van der Waals surface area contributed by atoms with Gasteiger partial charge >= 0.3 is 0 Å². The average molecular weight is 368 g/mol. The zero-order valence-corrected chi connectivity index (χ0v) is 16.2. The fourth-order valence-electron chi connectivity index (χ4n) is 2.72. The number of likely N-dealkylation sites (N-methyl/N-ethyl adjacent to an activating group) is 1. The third-order valence-corrected chi connectivity index (χ3v) is 4.79. The molecule has 25 heavy (non-hydrogen) atoms. The van der Waals surface area contributed by atoms with Gasteiger partial charge in [0.05, 0.1) is 27.4 Å². The van der Waals surface area contributed by atoms with Gasteiger partial charge in [-0.1, -0.05) is 6.07 Å². The number of methoxy groups -OCH3 is 2. The molecule has 1 aromatic rings. The van der Waals surface area contributed by atoms with Gasteiger partial charge in [-0.3, -0.25) is 4.90 Å². The van der Waals surface area contributed by atoms with Crippen molar-refractivity contribution in [2.24, 2.45) is 0 Å². The summed E-state index contributed by atoms with van der Waals surface area (Å²) in [7, 11) is 5.32. The standard InChI is InChI=1S/C18H29N3O3S/c1-20(18(25)19-7-9-21-10-12-24-13-11-21)8-6-15-4-5-16(22-2)17(14-15)23-3/h4-5,14H,6-13H2,1-3H3,(H,19,25). The molecule has 1 saturated heterocycles. The molecule has 0 aromatic heterocycles. The first-order valence-corrected chi connectivity index (χ1v) is 9.05. The van der Waals surface area contributed by atoms with Crippen LogP contribution in [0.25, 0.3) is 0 Å². The van der Waals surface area contributed by atoms with Gasteiger partial charge in [0.1, 0.15) is 0 Å². The third-order valence-electron chi connectivity index (χ3n) is 4.34. The molecule has 140 valence electrons. The van der Waals surface area contributed by atoms with E-state index in [0.29, 0.717) is 0 Å². The van der Waals surface area contributed by atoms with E-state index in [0.717, 1.165) is 69.0 Å². The largest absolute Gasteiger partial charge is 0.493 e. The summed E-state index contributed by atoms with van der Waals surface area (Å²) in [6.45, 7) is 6.37. The van der Waals surface area contributed by atoms with Crippen LogP contribution in [0.1, 0.15) is 5.56 Å². The molecule has 2 rings (SSSR count). The minimum atomic E-state index is 0.750. The van der Waals surface area contributed by atoms with Crippen LogP contribution in [0.2, 0.25) is 0 Å². The van der Waals surface area contributed by atoms with Gasteiger partial charge in [0.2, 0.25) is 0 Å². The maximum atomic E-state index is 5.47. The molecule has 0 spiro atoms. The smallest absolute Gasteiger partial charge is 0.168 e. The predicted octanol–water partition coefficient (Wildman–Crippen LogP) is 1.38. The normalized spacial score (nSPS) is 14.8. The fourth-order valence-corrected chi connectivity index (χ4v) is 2.91. The summed E-state index contributed by atoms with van der Waals surface area (Å²) >= 11 is 5.47. The molecule has 1 heterocycles. The lowest BCUT2D eigenvalue weighted by atomic mass is 10.1. The molecule has 1 N–H and O–H groups in total. The van der Waals surface area contributed by atoms with E-state index in [1.165, 1.54) is 5.56 Å². The van der Waals surface area contributed by atoms with E-state index in [1.54, 1.807) is 14.2 Å². The second-order valence-electron chi connectivity index (χ2n) is 6.05. The lowest BCUT2D eigenvalue weighted by molar-refractivity contribution is 0.0389. The Kier molecular flexibility index (Phi) is 8.24. The molecular formula is C18H29N3O3S. The summed E-state index contributed by atoms with van der Waals surface area (Å²) in [6, 6.07) is 6.01.